The van der Waals surface area contributed by atoms with Crippen molar-refractivity contribution in [3.05, 3.63) is 44.4 Å². The second-order valence-electron chi connectivity index (χ2n) is 4.11. The molecule has 0 spiro atoms. The Bertz CT molecular complexity index is 723. The molecular formula is C12H8BrF4N3OS. The minimum atomic E-state index is -2.95. The Kier molecular flexibility index (Phi) is 5.01. The van der Waals surface area contributed by atoms with Gasteiger partial charge in [-0.2, -0.15) is 0 Å². The molecule has 1 aromatic heterocycles. The van der Waals surface area contributed by atoms with Gasteiger partial charge in [-0.25, -0.2) is 22.5 Å². The minimum Gasteiger partial charge on any atom is -0.375 e. The molecule has 1 heterocycles. The van der Waals surface area contributed by atoms with Gasteiger partial charge in [0.25, 0.3) is 12.3 Å². The molecule has 3 N–H and O–H groups in total. The predicted octanol–water partition coefficient (Wildman–Crippen LogP) is 3.63. The van der Waals surface area contributed by atoms with Crippen LogP contribution in [0, 0.1) is 11.6 Å². The molecule has 0 aliphatic rings. The Balaban J connectivity index is 2.17. The number of rotatable bonds is 4. The van der Waals surface area contributed by atoms with Crippen LogP contribution in [0.5, 0.6) is 0 Å². The van der Waals surface area contributed by atoms with Crippen molar-refractivity contribution in [2.45, 2.75) is 13.0 Å². The molecule has 2 rings (SSSR count). The molecule has 0 fully saturated rings. The number of nitrogens with two attached hydrogens (primary N) is 1. The summed E-state index contributed by atoms with van der Waals surface area (Å²) in [7, 11) is 0. The van der Waals surface area contributed by atoms with Gasteiger partial charge in [0.05, 0.1) is 4.47 Å². The molecule has 0 radical (unpaired) electrons. The fourth-order valence-corrected chi connectivity index (χ4v) is 2.78. The average Bonchev–Trinajstić information content (AvgIpc) is 2.83. The number of nitrogens with one attached hydrogen (secondary N) is 1. The molecule has 0 aliphatic heterocycles. The molecule has 10 heteroatoms. The molecular weight excluding hydrogens is 390 g/mol. The van der Waals surface area contributed by atoms with Crippen LogP contribution in [0.3, 0.4) is 0 Å². The van der Waals surface area contributed by atoms with Crippen molar-refractivity contribution in [2.24, 2.45) is 0 Å². The highest BCUT2D eigenvalue weighted by Gasteiger charge is 2.24. The number of hydrogen-bond donors (Lipinski definition) is 2. The fraction of sp³-hybridized carbons (Fsp3) is 0.167. The molecule has 0 bridgehead atoms. The van der Waals surface area contributed by atoms with Crippen LogP contribution < -0.4 is 11.1 Å². The molecule has 0 unspecified atom stereocenters. The third-order valence-electron chi connectivity index (χ3n) is 2.59. The van der Waals surface area contributed by atoms with Crippen molar-refractivity contribution >= 4 is 38.3 Å². The van der Waals surface area contributed by atoms with Gasteiger partial charge >= 0.3 is 0 Å². The number of carbonyl (C=O) groups excluding carboxylic acids is 1. The summed E-state index contributed by atoms with van der Waals surface area (Å²) in [5, 5.41) is 2.13. The maximum atomic E-state index is 13.3. The molecule has 22 heavy (non-hydrogen) atoms. The number of aromatic nitrogens is 1. The van der Waals surface area contributed by atoms with E-state index in [9.17, 15) is 22.4 Å². The van der Waals surface area contributed by atoms with E-state index in [-0.39, 0.29) is 26.6 Å². The maximum Gasteiger partial charge on any atom is 0.282 e. The normalized spacial score (nSPS) is 11.0. The van der Waals surface area contributed by atoms with Gasteiger partial charge in [0.1, 0.15) is 22.2 Å². The van der Waals surface area contributed by atoms with Crippen LogP contribution in [-0.4, -0.2) is 10.9 Å². The number of nitrogen functional groups attached to an aromatic ring is 1. The van der Waals surface area contributed by atoms with Crippen LogP contribution in [-0.2, 0) is 6.54 Å². The van der Waals surface area contributed by atoms with Crippen LogP contribution >= 0.6 is 27.3 Å². The van der Waals surface area contributed by atoms with Crippen molar-refractivity contribution in [1.29, 1.82) is 0 Å². The first kappa shape index (κ1) is 16.7. The first-order valence-electron chi connectivity index (χ1n) is 5.75. The van der Waals surface area contributed by atoms with Crippen molar-refractivity contribution in [3.63, 3.8) is 0 Å². The topological polar surface area (TPSA) is 68.0 Å². The van der Waals surface area contributed by atoms with E-state index >= 15 is 0 Å². The standard InChI is InChI=1S/C12H8BrF4N3OS/c13-7-4(1-5(14)2-6(7)15)3-19-11(21)9-8(10(16)17)20-12(18)22-9/h1-2,10H,3H2,(H2,18,20)(H,19,21). The van der Waals surface area contributed by atoms with Crippen molar-refractivity contribution in [3.8, 4) is 0 Å². The Morgan fingerprint density at radius 3 is 2.73 bits per heavy atom. The lowest BCUT2D eigenvalue weighted by molar-refractivity contribution is 0.0940. The zero-order valence-electron chi connectivity index (χ0n) is 10.7. The second-order valence-corrected chi connectivity index (χ2v) is 5.93. The molecule has 0 saturated heterocycles. The number of anilines is 1. The van der Waals surface area contributed by atoms with Crippen LogP contribution in [0.15, 0.2) is 16.6 Å². The number of hydrogen-bond acceptors (Lipinski definition) is 4. The van der Waals surface area contributed by atoms with Gasteiger partial charge < -0.3 is 11.1 Å². The number of amides is 1. The van der Waals surface area contributed by atoms with E-state index in [2.05, 4.69) is 26.2 Å². The predicted molar refractivity (Wildman–Crippen MR) is 76.7 cm³/mol. The summed E-state index contributed by atoms with van der Waals surface area (Å²) in [4.78, 5) is 15.0. The summed E-state index contributed by atoms with van der Waals surface area (Å²) >= 11 is 3.53. The third-order valence-corrected chi connectivity index (χ3v) is 4.38. The maximum absolute atomic E-state index is 13.3. The molecule has 118 valence electrons. The van der Waals surface area contributed by atoms with Crippen LogP contribution in [0.1, 0.15) is 27.4 Å². The van der Waals surface area contributed by atoms with Crippen molar-refractivity contribution in [2.75, 3.05) is 5.73 Å². The lowest BCUT2D eigenvalue weighted by Gasteiger charge is -2.08. The number of benzene rings is 1. The van der Waals surface area contributed by atoms with E-state index in [1.165, 1.54) is 0 Å². The molecule has 1 amide bonds. The molecule has 4 nitrogen and oxygen atoms in total. The second kappa shape index (κ2) is 6.61. The summed E-state index contributed by atoms with van der Waals surface area (Å²) in [6.45, 7) is -0.255. The summed E-state index contributed by atoms with van der Waals surface area (Å²) < 4.78 is 51.9. The third kappa shape index (κ3) is 3.55. The van der Waals surface area contributed by atoms with Crippen LogP contribution in [0.2, 0.25) is 0 Å². The first-order chi connectivity index (χ1) is 10.3. The van der Waals surface area contributed by atoms with Gasteiger partial charge in [0.2, 0.25) is 0 Å². The highest BCUT2D eigenvalue weighted by Crippen LogP contribution is 2.29. The zero-order valence-corrected chi connectivity index (χ0v) is 13.1. The Labute approximate surface area is 134 Å². The van der Waals surface area contributed by atoms with E-state index < -0.39 is 29.7 Å². The molecule has 0 aliphatic carbocycles. The van der Waals surface area contributed by atoms with Crippen LogP contribution in [0.4, 0.5) is 22.7 Å². The first-order valence-corrected chi connectivity index (χ1v) is 7.36. The fourth-order valence-electron chi connectivity index (χ4n) is 1.65. The molecule has 0 saturated carbocycles. The molecule has 2 aromatic rings. The van der Waals surface area contributed by atoms with Crippen LogP contribution in [0.25, 0.3) is 0 Å². The van der Waals surface area contributed by atoms with Gasteiger partial charge in [0, 0.05) is 12.6 Å². The average molecular weight is 398 g/mol. The number of nitrogens with zero attached hydrogens (tertiary/aromatic N) is 1. The Hall–Kier alpha value is -1.68. The van der Waals surface area contributed by atoms with Gasteiger partial charge in [-0.1, -0.05) is 11.3 Å². The molecule has 0 atom stereocenters. The van der Waals surface area contributed by atoms with E-state index in [1.807, 2.05) is 0 Å². The zero-order chi connectivity index (χ0) is 16.4. The Morgan fingerprint density at radius 1 is 1.41 bits per heavy atom. The highest BCUT2D eigenvalue weighted by molar-refractivity contribution is 9.10. The van der Waals surface area contributed by atoms with E-state index in [1.54, 1.807) is 0 Å². The van der Waals surface area contributed by atoms with Gasteiger partial charge in [-0.3, -0.25) is 4.79 Å². The van der Waals surface area contributed by atoms with Gasteiger partial charge in [-0.05, 0) is 27.6 Å². The smallest absolute Gasteiger partial charge is 0.282 e. The summed E-state index contributed by atoms with van der Waals surface area (Å²) in [6.07, 6.45) is -2.95. The van der Waals surface area contributed by atoms with E-state index in [4.69, 9.17) is 5.73 Å². The highest BCUT2D eigenvalue weighted by atomic mass is 79.9. The van der Waals surface area contributed by atoms with Gasteiger partial charge in [-0.15, -0.1) is 0 Å². The number of alkyl halides is 2. The Morgan fingerprint density at radius 2 is 2.09 bits per heavy atom. The summed E-state index contributed by atoms with van der Waals surface area (Å²) in [5.74, 6) is -2.50. The van der Waals surface area contributed by atoms with E-state index in [0.29, 0.717) is 17.4 Å². The lowest BCUT2D eigenvalue weighted by Crippen LogP contribution is -2.23. The monoisotopic (exact) mass is 397 g/mol. The van der Waals surface area contributed by atoms with Crippen molar-refractivity contribution in [1.82, 2.24) is 10.3 Å². The largest absolute Gasteiger partial charge is 0.375 e. The molecule has 1 aromatic carbocycles. The number of halogens is 5. The number of thiazole rings is 1. The summed E-state index contributed by atoms with van der Waals surface area (Å²) in [6, 6.07) is 1.69. The minimum absolute atomic E-state index is 0.0212. The summed E-state index contributed by atoms with van der Waals surface area (Å²) in [5.41, 5.74) is 4.72. The quantitative estimate of drug-likeness (QED) is 0.611. The van der Waals surface area contributed by atoms with E-state index in [0.717, 1.165) is 6.07 Å². The SMILES string of the molecule is Nc1nc(C(F)F)c(C(=O)NCc2cc(F)cc(F)c2Br)s1. The lowest BCUT2D eigenvalue weighted by atomic mass is 10.2. The number of carbonyl (C=O) groups is 1. The van der Waals surface area contributed by atoms with Gasteiger partial charge in [0.15, 0.2) is 5.13 Å². The van der Waals surface area contributed by atoms with Crippen molar-refractivity contribution < 1.29 is 22.4 Å².